The standard InChI is InChI=1S/C25H26F2N2O3S/c1-17(30)25(28-2)16-29(15-22-23(26)8-5-9-24(22)27)20-12-10-18(11-13-20)19-6-4-7-21(14-19)33(3,31)32/h4-14,16-17,28,30H,15H2,1-3H3/b25-16-. The number of sulfone groups is 1. The first-order valence-electron chi connectivity index (χ1n) is 10.3. The lowest BCUT2D eigenvalue weighted by Gasteiger charge is -2.24. The Bertz CT molecular complexity index is 1240. The van der Waals surface area contributed by atoms with Crippen molar-refractivity contribution in [3.05, 3.63) is 95.8 Å². The highest BCUT2D eigenvalue weighted by Gasteiger charge is 2.16. The molecule has 0 radical (unpaired) electrons. The molecule has 0 aliphatic rings. The van der Waals surface area contributed by atoms with E-state index in [0.29, 0.717) is 11.4 Å². The molecule has 0 aromatic heterocycles. The summed E-state index contributed by atoms with van der Waals surface area (Å²) in [6.45, 7) is 1.49. The van der Waals surface area contributed by atoms with Crippen molar-refractivity contribution in [2.75, 3.05) is 18.2 Å². The van der Waals surface area contributed by atoms with Crippen LogP contribution in [0.3, 0.4) is 0 Å². The summed E-state index contributed by atoms with van der Waals surface area (Å²) in [5.74, 6) is -1.32. The van der Waals surface area contributed by atoms with E-state index in [4.69, 9.17) is 0 Å². The van der Waals surface area contributed by atoms with Crippen molar-refractivity contribution in [3.8, 4) is 11.1 Å². The number of nitrogens with one attached hydrogen (secondary N) is 1. The number of halogens is 2. The van der Waals surface area contributed by atoms with Gasteiger partial charge >= 0.3 is 0 Å². The highest BCUT2D eigenvalue weighted by atomic mass is 32.2. The molecule has 0 saturated heterocycles. The molecule has 33 heavy (non-hydrogen) atoms. The fourth-order valence-corrected chi connectivity index (χ4v) is 4.03. The van der Waals surface area contributed by atoms with Gasteiger partial charge in [-0.3, -0.25) is 0 Å². The van der Waals surface area contributed by atoms with Crippen LogP contribution < -0.4 is 10.2 Å². The molecule has 2 N–H and O–H groups in total. The maximum absolute atomic E-state index is 14.3. The van der Waals surface area contributed by atoms with Crippen LogP contribution in [0.1, 0.15) is 12.5 Å². The van der Waals surface area contributed by atoms with Gasteiger partial charge in [0.2, 0.25) is 0 Å². The highest BCUT2D eigenvalue weighted by molar-refractivity contribution is 7.90. The molecule has 3 aromatic rings. The molecule has 1 unspecified atom stereocenters. The van der Waals surface area contributed by atoms with E-state index < -0.39 is 27.6 Å². The van der Waals surface area contributed by atoms with Gasteiger partial charge in [0, 0.05) is 30.8 Å². The Kier molecular flexibility index (Phi) is 7.50. The first-order chi connectivity index (χ1) is 15.6. The summed E-state index contributed by atoms with van der Waals surface area (Å²) in [5, 5.41) is 12.9. The number of benzene rings is 3. The number of nitrogens with zero attached hydrogens (tertiary/aromatic N) is 1. The number of aliphatic hydroxyl groups excluding tert-OH is 1. The predicted octanol–water partition coefficient (Wildman–Crippen LogP) is 4.48. The lowest BCUT2D eigenvalue weighted by Crippen LogP contribution is -2.25. The first kappa shape index (κ1) is 24.4. The maximum atomic E-state index is 14.3. The Hall–Kier alpha value is -3.23. The minimum Gasteiger partial charge on any atom is -0.388 e. The molecule has 0 aliphatic heterocycles. The van der Waals surface area contributed by atoms with E-state index in [1.54, 1.807) is 61.5 Å². The van der Waals surface area contributed by atoms with Gasteiger partial charge in [-0.05, 0) is 54.4 Å². The van der Waals surface area contributed by atoms with Crippen molar-refractivity contribution in [2.24, 2.45) is 0 Å². The Balaban J connectivity index is 2.01. The summed E-state index contributed by atoms with van der Waals surface area (Å²) in [4.78, 5) is 1.86. The zero-order valence-corrected chi connectivity index (χ0v) is 19.4. The molecular weight excluding hydrogens is 446 g/mol. The van der Waals surface area contributed by atoms with Crippen LogP contribution in [-0.2, 0) is 16.4 Å². The Morgan fingerprint density at radius 3 is 2.18 bits per heavy atom. The summed E-state index contributed by atoms with van der Waals surface area (Å²) >= 11 is 0. The van der Waals surface area contributed by atoms with Crippen LogP contribution in [0.5, 0.6) is 0 Å². The van der Waals surface area contributed by atoms with Crippen LogP contribution in [0.25, 0.3) is 11.1 Å². The van der Waals surface area contributed by atoms with Gasteiger partial charge in [-0.25, -0.2) is 17.2 Å². The third-order valence-corrected chi connectivity index (χ3v) is 6.33. The molecule has 3 rings (SSSR count). The van der Waals surface area contributed by atoms with Crippen LogP contribution in [-0.4, -0.2) is 32.9 Å². The van der Waals surface area contributed by atoms with Crippen LogP contribution in [0.4, 0.5) is 14.5 Å². The van der Waals surface area contributed by atoms with Gasteiger partial charge in [0.15, 0.2) is 9.84 Å². The van der Waals surface area contributed by atoms with Gasteiger partial charge in [0.1, 0.15) is 11.6 Å². The molecule has 5 nitrogen and oxygen atoms in total. The van der Waals surface area contributed by atoms with Crippen LogP contribution >= 0.6 is 0 Å². The highest BCUT2D eigenvalue weighted by Crippen LogP contribution is 2.27. The molecule has 0 aliphatic carbocycles. The summed E-state index contributed by atoms with van der Waals surface area (Å²) in [5.41, 5.74) is 2.52. The number of hydrogen-bond acceptors (Lipinski definition) is 5. The van der Waals surface area contributed by atoms with E-state index in [2.05, 4.69) is 5.32 Å². The van der Waals surface area contributed by atoms with Gasteiger partial charge in [0.25, 0.3) is 0 Å². The molecule has 0 saturated carbocycles. The van der Waals surface area contributed by atoms with E-state index >= 15 is 0 Å². The normalized spacial score (nSPS) is 13.0. The molecule has 0 bridgehead atoms. The number of rotatable bonds is 8. The van der Waals surface area contributed by atoms with E-state index in [0.717, 1.165) is 17.4 Å². The fourth-order valence-electron chi connectivity index (χ4n) is 3.37. The number of anilines is 1. The Morgan fingerprint density at radius 1 is 1.03 bits per heavy atom. The van der Waals surface area contributed by atoms with Gasteiger partial charge in [-0.1, -0.05) is 30.3 Å². The summed E-state index contributed by atoms with van der Waals surface area (Å²) < 4.78 is 52.4. The first-order valence-corrected chi connectivity index (χ1v) is 12.2. The molecule has 0 heterocycles. The van der Waals surface area contributed by atoms with Crippen LogP contribution in [0, 0.1) is 11.6 Å². The van der Waals surface area contributed by atoms with Crippen molar-refractivity contribution in [3.63, 3.8) is 0 Å². The molecule has 0 amide bonds. The van der Waals surface area contributed by atoms with Crippen molar-refractivity contribution < 1.29 is 22.3 Å². The van der Waals surface area contributed by atoms with E-state index in [1.165, 1.54) is 24.3 Å². The van der Waals surface area contributed by atoms with Gasteiger partial charge in [-0.15, -0.1) is 0 Å². The van der Waals surface area contributed by atoms with Gasteiger partial charge in [0.05, 0.1) is 23.2 Å². The summed E-state index contributed by atoms with van der Waals surface area (Å²) in [7, 11) is -1.69. The molecule has 0 fully saturated rings. The van der Waals surface area contributed by atoms with Crippen molar-refractivity contribution in [2.45, 2.75) is 24.5 Å². The van der Waals surface area contributed by atoms with Crippen molar-refractivity contribution in [1.82, 2.24) is 5.32 Å². The van der Waals surface area contributed by atoms with E-state index in [1.807, 2.05) is 6.07 Å². The predicted molar refractivity (Wildman–Crippen MR) is 126 cm³/mol. The lowest BCUT2D eigenvalue weighted by atomic mass is 10.0. The smallest absolute Gasteiger partial charge is 0.175 e. The number of aliphatic hydroxyl groups is 1. The van der Waals surface area contributed by atoms with Gasteiger partial charge < -0.3 is 15.3 Å². The molecule has 174 valence electrons. The number of hydrogen-bond donors (Lipinski definition) is 2. The third kappa shape index (κ3) is 5.97. The molecule has 1 atom stereocenters. The van der Waals surface area contributed by atoms with Crippen molar-refractivity contribution in [1.29, 1.82) is 0 Å². The summed E-state index contributed by atoms with van der Waals surface area (Å²) in [6.07, 6.45) is 1.94. The molecule has 8 heteroatoms. The lowest BCUT2D eigenvalue weighted by molar-refractivity contribution is 0.223. The van der Waals surface area contributed by atoms with Crippen LogP contribution in [0.15, 0.2) is 83.5 Å². The molecule has 0 spiro atoms. The quantitative estimate of drug-likeness (QED) is 0.506. The minimum absolute atomic E-state index is 0.0975. The summed E-state index contributed by atoms with van der Waals surface area (Å²) in [6, 6.07) is 17.5. The Morgan fingerprint density at radius 2 is 1.64 bits per heavy atom. The zero-order chi connectivity index (χ0) is 24.2. The molecular formula is C25H26F2N2O3S. The average molecular weight is 473 g/mol. The second-order valence-electron chi connectivity index (χ2n) is 7.69. The molecule has 3 aromatic carbocycles. The topological polar surface area (TPSA) is 69.6 Å². The second kappa shape index (κ2) is 10.1. The Labute approximate surface area is 192 Å². The minimum atomic E-state index is -3.34. The average Bonchev–Trinajstić information content (AvgIpc) is 2.78. The number of likely N-dealkylation sites (N-methyl/N-ethyl adjacent to an activating group) is 1. The monoisotopic (exact) mass is 472 g/mol. The SMILES string of the molecule is CN/C(=C\N(Cc1c(F)cccc1F)c1ccc(-c2cccc(S(C)(=O)=O)c2)cc1)C(C)O. The fraction of sp³-hybridized carbons (Fsp3) is 0.200. The largest absolute Gasteiger partial charge is 0.388 e. The third-order valence-electron chi connectivity index (χ3n) is 5.22. The van der Waals surface area contributed by atoms with E-state index in [9.17, 15) is 22.3 Å². The maximum Gasteiger partial charge on any atom is 0.175 e. The second-order valence-corrected chi connectivity index (χ2v) is 9.70. The van der Waals surface area contributed by atoms with Crippen LogP contribution in [0.2, 0.25) is 0 Å². The van der Waals surface area contributed by atoms with E-state index in [-0.39, 0.29) is 17.0 Å². The van der Waals surface area contributed by atoms with Gasteiger partial charge in [-0.2, -0.15) is 0 Å². The van der Waals surface area contributed by atoms with Crippen molar-refractivity contribution >= 4 is 15.5 Å². The zero-order valence-electron chi connectivity index (χ0n) is 18.6.